The highest BCUT2D eigenvalue weighted by Crippen LogP contribution is 2.60. The highest BCUT2D eigenvalue weighted by atomic mass is 28.4. The number of benzene rings is 2. The maximum Gasteiger partial charge on any atom is 0.264 e. The first-order valence-corrected chi connectivity index (χ1v) is 16.0. The smallest absolute Gasteiger partial charge is 0.264 e. The summed E-state index contributed by atoms with van der Waals surface area (Å²) in [6, 6.07) is 13.4. The molecule has 5 rings (SSSR count). The molecule has 2 N–H and O–H groups in total. The molecule has 1 spiro atoms. The van der Waals surface area contributed by atoms with E-state index in [0.717, 1.165) is 35.5 Å². The van der Waals surface area contributed by atoms with Gasteiger partial charge >= 0.3 is 0 Å². The van der Waals surface area contributed by atoms with E-state index in [1.165, 1.54) is 0 Å². The van der Waals surface area contributed by atoms with E-state index in [9.17, 15) is 19.5 Å². The third kappa shape index (κ3) is 4.18. The first-order chi connectivity index (χ1) is 17.6. The van der Waals surface area contributed by atoms with E-state index in [0.29, 0.717) is 25.1 Å². The van der Waals surface area contributed by atoms with Crippen LogP contribution in [-0.2, 0) is 26.5 Å². The number of carbonyl (C=O) groups excluding carboxylic acids is 2. The van der Waals surface area contributed by atoms with Gasteiger partial charge in [0, 0.05) is 42.3 Å². The second-order valence-electron chi connectivity index (χ2n) is 11.0. The SMILES string of the molecule is COc1ccc2c(c1)[C@@]1(O[C@H](CCO)[C@@H]([Si](C)(C)O)[C@@H]1C)C(=O)N2Cc1ccc(N2CCCC2=O)cc1. The second-order valence-corrected chi connectivity index (χ2v) is 14.9. The Balaban J connectivity index is 1.52. The molecule has 0 unspecified atom stereocenters. The van der Waals surface area contributed by atoms with Crippen molar-refractivity contribution in [3.05, 3.63) is 53.6 Å². The molecule has 2 aromatic rings. The zero-order valence-corrected chi connectivity index (χ0v) is 22.9. The number of rotatable bonds is 7. The minimum absolute atomic E-state index is 0.0802. The molecule has 0 aromatic heterocycles. The summed E-state index contributed by atoms with van der Waals surface area (Å²) >= 11 is 0. The van der Waals surface area contributed by atoms with E-state index in [1.54, 1.807) is 16.9 Å². The monoisotopic (exact) mass is 524 g/mol. The Labute approximate surface area is 218 Å². The number of aliphatic hydroxyl groups is 1. The van der Waals surface area contributed by atoms with E-state index in [-0.39, 0.29) is 29.9 Å². The third-order valence-corrected chi connectivity index (χ3v) is 10.8. The number of carbonyl (C=O) groups is 2. The zero-order chi connectivity index (χ0) is 26.5. The minimum Gasteiger partial charge on any atom is -0.497 e. The molecule has 2 amide bonds. The molecule has 2 saturated heterocycles. The molecular weight excluding hydrogens is 488 g/mol. The summed E-state index contributed by atoms with van der Waals surface area (Å²) in [6.45, 7) is 6.73. The van der Waals surface area contributed by atoms with Gasteiger partial charge in [0.15, 0.2) is 13.9 Å². The van der Waals surface area contributed by atoms with Crippen LogP contribution in [0.15, 0.2) is 42.5 Å². The number of fused-ring (bicyclic) bond motifs is 2. The fraction of sp³-hybridized carbons (Fsp3) is 0.500. The molecule has 2 aromatic carbocycles. The number of anilines is 2. The molecule has 37 heavy (non-hydrogen) atoms. The van der Waals surface area contributed by atoms with Gasteiger partial charge in [-0.2, -0.15) is 0 Å². The van der Waals surface area contributed by atoms with E-state index in [4.69, 9.17) is 9.47 Å². The first-order valence-electron chi connectivity index (χ1n) is 13.0. The van der Waals surface area contributed by atoms with Crippen LogP contribution in [0, 0.1) is 5.92 Å². The molecule has 198 valence electrons. The third-order valence-electron chi connectivity index (χ3n) is 8.27. The van der Waals surface area contributed by atoms with Gasteiger partial charge < -0.3 is 29.2 Å². The maximum atomic E-state index is 14.3. The topological polar surface area (TPSA) is 99.5 Å². The van der Waals surface area contributed by atoms with Crippen LogP contribution < -0.4 is 14.5 Å². The van der Waals surface area contributed by atoms with Crippen LogP contribution in [0.3, 0.4) is 0 Å². The Morgan fingerprint density at radius 1 is 1.16 bits per heavy atom. The Bertz CT molecular complexity index is 1200. The van der Waals surface area contributed by atoms with Gasteiger partial charge in [0.25, 0.3) is 5.91 Å². The summed E-state index contributed by atoms with van der Waals surface area (Å²) in [4.78, 5) is 41.2. The number of amides is 2. The van der Waals surface area contributed by atoms with Gasteiger partial charge in [-0.05, 0) is 61.8 Å². The van der Waals surface area contributed by atoms with Gasteiger partial charge in [-0.3, -0.25) is 9.59 Å². The molecule has 0 radical (unpaired) electrons. The average Bonchev–Trinajstić information content (AvgIpc) is 3.49. The molecule has 3 aliphatic heterocycles. The van der Waals surface area contributed by atoms with Gasteiger partial charge in [0.2, 0.25) is 5.91 Å². The largest absolute Gasteiger partial charge is 0.497 e. The standard InChI is InChI=1S/C28H36N2O6Si/c1-18-26(37(3,4)34)24(13-15-31)36-28(18)22-16-21(35-2)11-12-23(22)30(27(28)33)17-19-7-9-20(10-8-19)29-14-5-6-25(29)32/h7-12,16,18,24,26,31,34H,5-6,13-15,17H2,1-4H3/t18-,24+,26-,28+/m0/s1. The van der Waals surface area contributed by atoms with Crippen LogP contribution >= 0.6 is 0 Å². The highest BCUT2D eigenvalue weighted by molar-refractivity contribution is 6.71. The number of methoxy groups -OCH3 is 1. The van der Waals surface area contributed by atoms with E-state index in [2.05, 4.69) is 0 Å². The number of ether oxygens (including phenoxy) is 2. The summed E-state index contributed by atoms with van der Waals surface area (Å²) in [6.07, 6.45) is 1.38. The van der Waals surface area contributed by atoms with Crippen molar-refractivity contribution in [2.24, 2.45) is 5.92 Å². The maximum absolute atomic E-state index is 14.3. The molecule has 8 nitrogen and oxygen atoms in total. The summed E-state index contributed by atoms with van der Waals surface area (Å²) in [5.74, 6) is 0.321. The summed E-state index contributed by atoms with van der Waals surface area (Å²) < 4.78 is 12.1. The van der Waals surface area contributed by atoms with Crippen molar-refractivity contribution in [1.29, 1.82) is 0 Å². The molecule has 4 atom stereocenters. The Kier molecular flexibility index (Phi) is 6.68. The second kappa shape index (κ2) is 9.54. The van der Waals surface area contributed by atoms with E-state index >= 15 is 0 Å². The van der Waals surface area contributed by atoms with Crippen molar-refractivity contribution in [2.45, 2.75) is 63.1 Å². The highest BCUT2D eigenvalue weighted by Gasteiger charge is 2.66. The molecule has 0 saturated carbocycles. The van der Waals surface area contributed by atoms with Crippen LogP contribution in [0.1, 0.15) is 37.3 Å². The van der Waals surface area contributed by atoms with Crippen LogP contribution in [0.4, 0.5) is 11.4 Å². The van der Waals surface area contributed by atoms with Crippen molar-refractivity contribution in [2.75, 3.05) is 30.1 Å². The van der Waals surface area contributed by atoms with Crippen LogP contribution in [0.25, 0.3) is 0 Å². The normalized spacial score (nSPS) is 27.5. The average molecular weight is 525 g/mol. The van der Waals surface area contributed by atoms with Crippen molar-refractivity contribution < 1.29 is 29.0 Å². The summed E-state index contributed by atoms with van der Waals surface area (Å²) in [5.41, 5.74) is 1.83. The summed E-state index contributed by atoms with van der Waals surface area (Å²) in [7, 11) is -1.15. The quantitative estimate of drug-likeness (QED) is 0.538. The minimum atomic E-state index is -2.75. The number of hydrogen-bond donors (Lipinski definition) is 2. The van der Waals surface area contributed by atoms with Gasteiger partial charge in [-0.15, -0.1) is 0 Å². The Morgan fingerprint density at radius 3 is 2.49 bits per heavy atom. The fourth-order valence-corrected chi connectivity index (χ4v) is 9.23. The Morgan fingerprint density at radius 2 is 1.89 bits per heavy atom. The van der Waals surface area contributed by atoms with E-state index in [1.807, 2.05) is 62.5 Å². The van der Waals surface area contributed by atoms with Crippen LogP contribution in [0.2, 0.25) is 18.6 Å². The lowest BCUT2D eigenvalue weighted by molar-refractivity contribution is -0.146. The van der Waals surface area contributed by atoms with Crippen molar-refractivity contribution in [1.82, 2.24) is 0 Å². The Hall–Kier alpha value is -2.72. The van der Waals surface area contributed by atoms with Gasteiger partial charge in [-0.1, -0.05) is 19.1 Å². The van der Waals surface area contributed by atoms with Gasteiger partial charge in [0.05, 0.1) is 25.4 Å². The van der Waals surface area contributed by atoms with Gasteiger partial charge in [0.1, 0.15) is 5.75 Å². The van der Waals surface area contributed by atoms with Crippen molar-refractivity contribution in [3.8, 4) is 5.75 Å². The number of hydrogen-bond acceptors (Lipinski definition) is 6. The lowest BCUT2D eigenvalue weighted by Gasteiger charge is -2.32. The molecular formula is C28H36N2O6Si. The van der Waals surface area contributed by atoms with Crippen molar-refractivity contribution in [3.63, 3.8) is 0 Å². The molecule has 0 bridgehead atoms. The number of nitrogens with zero attached hydrogens (tertiary/aromatic N) is 2. The molecule has 0 aliphatic carbocycles. The molecule has 2 fully saturated rings. The lowest BCUT2D eigenvalue weighted by atomic mass is 9.82. The van der Waals surface area contributed by atoms with E-state index < -0.39 is 20.0 Å². The lowest BCUT2D eigenvalue weighted by Crippen LogP contribution is -2.46. The van der Waals surface area contributed by atoms with Crippen LogP contribution in [0.5, 0.6) is 5.75 Å². The zero-order valence-electron chi connectivity index (χ0n) is 21.9. The fourth-order valence-electron chi connectivity index (χ4n) is 6.62. The molecule has 9 heteroatoms. The molecule has 3 heterocycles. The predicted molar refractivity (Wildman–Crippen MR) is 143 cm³/mol. The first kappa shape index (κ1) is 25.9. The van der Waals surface area contributed by atoms with Crippen molar-refractivity contribution >= 4 is 31.5 Å². The number of aliphatic hydroxyl groups excluding tert-OH is 1. The summed E-state index contributed by atoms with van der Waals surface area (Å²) in [5, 5.41) is 9.75. The van der Waals surface area contributed by atoms with Gasteiger partial charge in [-0.25, -0.2) is 0 Å². The van der Waals surface area contributed by atoms with Crippen LogP contribution in [-0.4, -0.2) is 56.4 Å². The predicted octanol–water partition coefficient (Wildman–Crippen LogP) is 3.55. The molecule has 3 aliphatic rings.